The summed E-state index contributed by atoms with van der Waals surface area (Å²) in [7, 11) is 0. The molecule has 1 aliphatic heterocycles. The minimum atomic E-state index is -0.217. The topological polar surface area (TPSA) is 88.8 Å². The van der Waals surface area contributed by atoms with E-state index in [1.54, 1.807) is 18.5 Å². The Morgan fingerprint density at radius 2 is 2.12 bits per heavy atom. The number of anilines is 1. The van der Waals surface area contributed by atoms with Crippen molar-refractivity contribution in [2.75, 3.05) is 18.4 Å². The van der Waals surface area contributed by atoms with E-state index in [9.17, 15) is 4.79 Å². The quantitative estimate of drug-likeness (QED) is 0.883. The lowest BCUT2D eigenvalue weighted by Crippen LogP contribution is -2.47. The van der Waals surface area contributed by atoms with Crippen LogP contribution in [0.1, 0.15) is 31.4 Å². The molecule has 1 fully saturated rings. The van der Waals surface area contributed by atoms with Crippen LogP contribution >= 0.6 is 0 Å². The number of rotatable bonds is 5. The van der Waals surface area contributed by atoms with Crippen LogP contribution < -0.4 is 5.32 Å². The first kappa shape index (κ1) is 17.5. The molecule has 134 valence electrons. The average molecular weight is 343 g/mol. The lowest BCUT2D eigenvalue weighted by Gasteiger charge is -2.36. The molecule has 0 radical (unpaired) electrons. The number of nitrogens with zero attached hydrogens (tertiary/aromatic N) is 6. The summed E-state index contributed by atoms with van der Waals surface area (Å²) in [6, 6.07) is 1.51. The predicted molar refractivity (Wildman–Crippen MR) is 93.9 cm³/mol. The van der Waals surface area contributed by atoms with E-state index in [1.807, 2.05) is 25.5 Å². The van der Waals surface area contributed by atoms with Crippen molar-refractivity contribution in [3.05, 3.63) is 30.1 Å². The SMILES string of the molecule is Cc1nc(C)n(CC2CCCN(C(C)C(=O)Nc3ncccn3)C2)n1. The molecule has 1 saturated heterocycles. The van der Waals surface area contributed by atoms with E-state index in [-0.39, 0.29) is 11.9 Å². The normalized spacial score (nSPS) is 19.6. The molecule has 2 atom stereocenters. The molecular weight excluding hydrogens is 318 g/mol. The monoisotopic (exact) mass is 343 g/mol. The van der Waals surface area contributed by atoms with Crippen molar-refractivity contribution in [1.82, 2.24) is 29.6 Å². The third-order valence-corrected chi connectivity index (χ3v) is 4.67. The van der Waals surface area contributed by atoms with Gasteiger partial charge in [0.1, 0.15) is 11.6 Å². The van der Waals surface area contributed by atoms with Crippen LogP contribution in [0, 0.1) is 19.8 Å². The second-order valence-electron chi connectivity index (χ2n) is 6.63. The highest BCUT2D eigenvalue weighted by Gasteiger charge is 2.28. The van der Waals surface area contributed by atoms with E-state index in [2.05, 4.69) is 30.3 Å². The maximum atomic E-state index is 12.5. The largest absolute Gasteiger partial charge is 0.293 e. The summed E-state index contributed by atoms with van der Waals surface area (Å²) < 4.78 is 1.98. The molecule has 3 heterocycles. The van der Waals surface area contributed by atoms with E-state index < -0.39 is 0 Å². The highest BCUT2D eigenvalue weighted by molar-refractivity contribution is 5.93. The number of piperidine rings is 1. The van der Waals surface area contributed by atoms with Crippen LogP contribution in [0.3, 0.4) is 0 Å². The maximum absolute atomic E-state index is 12.5. The van der Waals surface area contributed by atoms with Crippen molar-refractivity contribution in [3.63, 3.8) is 0 Å². The summed E-state index contributed by atoms with van der Waals surface area (Å²) >= 11 is 0. The molecule has 3 rings (SSSR count). The number of likely N-dealkylation sites (tertiary alicyclic amines) is 1. The summed E-state index contributed by atoms with van der Waals surface area (Å²) in [5.74, 6) is 2.50. The standard InChI is InChI=1S/C17H25N7O/c1-12(16(25)21-17-18-7-5-8-19-17)23-9-4-6-15(10-23)11-24-14(3)20-13(2)22-24/h5,7-8,12,15H,4,6,9-11H2,1-3H3,(H,18,19,21,25). The Labute approximate surface area is 147 Å². The Kier molecular flexibility index (Phi) is 5.37. The molecule has 0 aromatic carbocycles. The first-order valence-corrected chi connectivity index (χ1v) is 8.73. The van der Waals surface area contributed by atoms with Crippen LogP contribution in [0.4, 0.5) is 5.95 Å². The van der Waals surface area contributed by atoms with Gasteiger partial charge in [0, 0.05) is 25.5 Å². The first-order chi connectivity index (χ1) is 12.0. The summed E-state index contributed by atoms with van der Waals surface area (Å²) in [5.41, 5.74) is 0. The summed E-state index contributed by atoms with van der Waals surface area (Å²) in [6.07, 6.45) is 5.46. The van der Waals surface area contributed by atoms with Gasteiger partial charge >= 0.3 is 0 Å². The lowest BCUT2D eigenvalue weighted by atomic mass is 9.96. The van der Waals surface area contributed by atoms with Crippen LogP contribution in [0.5, 0.6) is 0 Å². The molecule has 1 aliphatic rings. The van der Waals surface area contributed by atoms with E-state index >= 15 is 0 Å². The number of aryl methyl sites for hydroxylation is 2. The van der Waals surface area contributed by atoms with Gasteiger partial charge in [-0.15, -0.1) is 0 Å². The fraction of sp³-hybridized carbons (Fsp3) is 0.588. The molecule has 0 saturated carbocycles. The van der Waals surface area contributed by atoms with Gasteiger partial charge in [-0.1, -0.05) is 0 Å². The van der Waals surface area contributed by atoms with Crippen LogP contribution in [0.25, 0.3) is 0 Å². The Balaban J connectivity index is 1.58. The number of nitrogens with one attached hydrogen (secondary N) is 1. The molecule has 8 heteroatoms. The molecule has 2 unspecified atom stereocenters. The average Bonchev–Trinajstić information content (AvgIpc) is 2.92. The van der Waals surface area contributed by atoms with Gasteiger partial charge in [-0.2, -0.15) is 5.10 Å². The summed E-state index contributed by atoms with van der Waals surface area (Å²) in [6.45, 7) is 8.48. The smallest absolute Gasteiger partial charge is 0.243 e. The maximum Gasteiger partial charge on any atom is 0.243 e. The Morgan fingerprint density at radius 3 is 2.80 bits per heavy atom. The van der Waals surface area contributed by atoms with Gasteiger partial charge < -0.3 is 0 Å². The molecule has 2 aromatic heterocycles. The van der Waals surface area contributed by atoms with Crippen molar-refractivity contribution in [1.29, 1.82) is 0 Å². The van der Waals surface area contributed by atoms with Crippen LogP contribution in [-0.2, 0) is 11.3 Å². The Morgan fingerprint density at radius 1 is 1.36 bits per heavy atom. The van der Waals surface area contributed by atoms with Gasteiger partial charge in [0.05, 0.1) is 6.04 Å². The van der Waals surface area contributed by atoms with Gasteiger partial charge in [-0.05, 0) is 52.1 Å². The van der Waals surface area contributed by atoms with E-state index in [4.69, 9.17) is 0 Å². The van der Waals surface area contributed by atoms with Crippen molar-refractivity contribution in [2.24, 2.45) is 5.92 Å². The number of carbonyl (C=O) groups excluding carboxylic acids is 1. The van der Waals surface area contributed by atoms with Crippen LogP contribution in [0.15, 0.2) is 18.5 Å². The highest BCUT2D eigenvalue weighted by Crippen LogP contribution is 2.21. The third kappa shape index (κ3) is 4.39. The molecule has 1 N–H and O–H groups in total. The van der Waals surface area contributed by atoms with Crippen molar-refractivity contribution >= 4 is 11.9 Å². The van der Waals surface area contributed by atoms with E-state index in [0.717, 1.165) is 44.1 Å². The number of hydrogen-bond donors (Lipinski definition) is 1. The number of amides is 1. The summed E-state index contributed by atoms with van der Waals surface area (Å²) in [4.78, 5) is 27.2. The minimum Gasteiger partial charge on any atom is -0.293 e. The van der Waals surface area contributed by atoms with Gasteiger partial charge in [-0.3, -0.25) is 15.0 Å². The van der Waals surface area contributed by atoms with Crippen molar-refractivity contribution in [2.45, 2.75) is 46.2 Å². The molecule has 0 aliphatic carbocycles. The van der Waals surface area contributed by atoms with Gasteiger partial charge in [-0.25, -0.2) is 19.6 Å². The zero-order valence-corrected chi connectivity index (χ0v) is 15.0. The Hall–Kier alpha value is -2.35. The second kappa shape index (κ2) is 7.69. The third-order valence-electron chi connectivity index (χ3n) is 4.67. The van der Waals surface area contributed by atoms with Gasteiger partial charge in [0.25, 0.3) is 0 Å². The van der Waals surface area contributed by atoms with Gasteiger partial charge in [0.15, 0.2) is 0 Å². The molecule has 25 heavy (non-hydrogen) atoms. The second-order valence-corrected chi connectivity index (χ2v) is 6.63. The molecule has 2 aromatic rings. The molecule has 0 spiro atoms. The Bertz CT molecular complexity index is 715. The minimum absolute atomic E-state index is 0.0698. The highest BCUT2D eigenvalue weighted by atomic mass is 16.2. The summed E-state index contributed by atoms with van der Waals surface area (Å²) in [5, 5.41) is 7.24. The fourth-order valence-electron chi connectivity index (χ4n) is 3.32. The number of hydrogen-bond acceptors (Lipinski definition) is 6. The zero-order valence-electron chi connectivity index (χ0n) is 15.0. The zero-order chi connectivity index (χ0) is 17.8. The van der Waals surface area contributed by atoms with Crippen LogP contribution in [-0.4, -0.2) is 54.7 Å². The molecule has 0 bridgehead atoms. The van der Waals surface area contributed by atoms with Crippen molar-refractivity contribution < 1.29 is 4.79 Å². The van der Waals surface area contributed by atoms with Gasteiger partial charge in [0.2, 0.25) is 11.9 Å². The predicted octanol–water partition coefficient (Wildman–Crippen LogP) is 1.42. The fourth-order valence-corrected chi connectivity index (χ4v) is 3.32. The first-order valence-electron chi connectivity index (χ1n) is 8.73. The van der Waals surface area contributed by atoms with Crippen molar-refractivity contribution in [3.8, 4) is 0 Å². The van der Waals surface area contributed by atoms with E-state index in [0.29, 0.717) is 11.9 Å². The van der Waals surface area contributed by atoms with E-state index in [1.165, 1.54) is 0 Å². The van der Waals surface area contributed by atoms with Crippen LogP contribution in [0.2, 0.25) is 0 Å². The molecule has 1 amide bonds. The molecular formula is C17H25N7O. The number of carbonyl (C=O) groups is 1. The molecule has 8 nitrogen and oxygen atoms in total. The lowest BCUT2D eigenvalue weighted by molar-refractivity contribution is -0.121. The number of aromatic nitrogens is 5.